The summed E-state index contributed by atoms with van der Waals surface area (Å²) in [7, 11) is 0. The molecule has 1 N–H and O–H groups in total. The first-order valence-corrected chi connectivity index (χ1v) is 11.5. The number of amides is 1. The Labute approximate surface area is 180 Å². The summed E-state index contributed by atoms with van der Waals surface area (Å²) >= 11 is 1.32. The summed E-state index contributed by atoms with van der Waals surface area (Å²) < 4.78 is 14.8. The number of hydrogen-bond acceptors (Lipinski definition) is 5. The predicted octanol–water partition coefficient (Wildman–Crippen LogP) is 2.62. The first-order chi connectivity index (χ1) is 14.5. The van der Waals surface area contributed by atoms with Gasteiger partial charge in [-0.3, -0.25) is 9.36 Å². The van der Waals surface area contributed by atoms with Crippen molar-refractivity contribution in [2.24, 2.45) is 0 Å². The molecule has 2 aromatic rings. The second kappa shape index (κ2) is 10.7. The van der Waals surface area contributed by atoms with Gasteiger partial charge in [-0.25, -0.2) is 9.18 Å². The number of carbonyl (C=O) groups is 1. The summed E-state index contributed by atoms with van der Waals surface area (Å²) in [6.07, 6.45) is 2.79. The van der Waals surface area contributed by atoms with E-state index in [9.17, 15) is 14.0 Å². The number of halogens is 1. The Morgan fingerprint density at radius 2 is 1.97 bits per heavy atom. The second-order valence-electron chi connectivity index (χ2n) is 7.35. The van der Waals surface area contributed by atoms with E-state index >= 15 is 0 Å². The van der Waals surface area contributed by atoms with Crippen LogP contribution in [0.4, 0.5) is 4.39 Å². The smallest absolute Gasteiger partial charge is 0.348 e. The molecule has 162 valence electrons. The number of nitrogens with one attached hydrogen (secondary N) is 1. The highest BCUT2D eigenvalue weighted by Crippen LogP contribution is 2.29. The number of rotatable bonds is 10. The van der Waals surface area contributed by atoms with Crippen LogP contribution in [0.5, 0.6) is 0 Å². The maximum atomic E-state index is 13.0. The molecule has 0 atom stereocenters. The molecule has 30 heavy (non-hydrogen) atoms. The van der Waals surface area contributed by atoms with E-state index in [-0.39, 0.29) is 23.2 Å². The van der Waals surface area contributed by atoms with Crippen LogP contribution in [-0.2, 0) is 30.7 Å². The van der Waals surface area contributed by atoms with E-state index in [2.05, 4.69) is 29.0 Å². The molecule has 1 amide bonds. The van der Waals surface area contributed by atoms with Gasteiger partial charge in [-0.05, 0) is 50.0 Å². The summed E-state index contributed by atoms with van der Waals surface area (Å²) in [6.45, 7) is 7.99. The highest BCUT2D eigenvalue weighted by molar-refractivity contribution is 7.99. The monoisotopic (exact) mass is 432 g/mol. The Kier molecular flexibility index (Phi) is 8.04. The lowest BCUT2D eigenvalue weighted by molar-refractivity contribution is -0.118. The van der Waals surface area contributed by atoms with Gasteiger partial charge in [0.25, 0.3) is 0 Å². The third-order valence-corrected chi connectivity index (χ3v) is 6.50. The lowest BCUT2D eigenvalue weighted by Crippen LogP contribution is -2.34. The van der Waals surface area contributed by atoms with E-state index in [0.717, 1.165) is 55.7 Å². The predicted molar refractivity (Wildman–Crippen MR) is 117 cm³/mol. The molecule has 1 aliphatic carbocycles. The first-order valence-electron chi connectivity index (χ1n) is 10.5. The molecule has 1 aromatic heterocycles. The minimum Gasteiger partial charge on any atom is -0.351 e. The van der Waals surface area contributed by atoms with Crippen LogP contribution in [-0.4, -0.2) is 45.7 Å². The van der Waals surface area contributed by atoms with E-state index in [1.165, 1.54) is 23.9 Å². The molecule has 0 saturated carbocycles. The van der Waals surface area contributed by atoms with Crippen LogP contribution in [0.1, 0.15) is 37.1 Å². The van der Waals surface area contributed by atoms with Crippen LogP contribution in [0, 0.1) is 5.82 Å². The summed E-state index contributed by atoms with van der Waals surface area (Å²) in [5.74, 6) is -0.236. The largest absolute Gasteiger partial charge is 0.351 e. The summed E-state index contributed by atoms with van der Waals surface area (Å²) in [4.78, 5) is 31.5. The fourth-order valence-electron chi connectivity index (χ4n) is 3.71. The number of thioether (sulfide) groups is 1. The van der Waals surface area contributed by atoms with E-state index in [0.29, 0.717) is 18.1 Å². The topological polar surface area (TPSA) is 67.2 Å². The van der Waals surface area contributed by atoms with Crippen LogP contribution >= 0.6 is 11.8 Å². The van der Waals surface area contributed by atoms with Gasteiger partial charge < -0.3 is 10.2 Å². The minimum absolute atomic E-state index is 0.136. The van der Waals surface area contributed by atoms with Gasteiger partial charge in [-0.2, -0.15) is 4.98 Å². The van der Waals surface area contributed by atoms with Crippen molar-refractivity contribution < 1.29 is 9.18 Å². The highest BCUT2D eigenvalue weighted by Gasteiger charge is 2.22. The Hall–Kier alpha value is -2.19. The lowest BCUT2D eigenvalue weighted by Gasteiger charge is -2.20. The van der Waals surface area contributed by atoms with Crippen molar-refractivity contribution in [1.82, 2.24) is 19.8 Å². The molecule has 0 radical (unpaired) electrons. The molecule has 8 heteroatoms. The van der Waals surface area contributed by atoms with Crippen molar-refractivity contribution in [2.75, 3.05) is 25.4 Å². The first kappa shape index (κ1) is 22.5. The molecular formula is C22H29FN4O2S. The zero-order valence-electron chi connectivity index (χ0n) is 17.6. The lowest BCUT2D eigenvalue weighted by atomic mass is 10.2. The third kappa shape index (κ3) is 5.70. The van der Waals surface area contributed by atoms with E-state index in [4.69, 9.17) is 0 Å². The average molecular weight is 433 g/mol. The number of hydrogen-bond donors (Lipinski definition) is 1. The minimum atomic E-state index is -0.299. The molecular weight excluding hydrogens is 403 g/mol. The number of fused-ring (bicyclic) bond motifs is 1. The number of likely N-dealkylation sites (N-methyl/N-ethyl adjacent to an activating group) is 1. The van der Waals surface area contributed by atoms with Gasteiger partial charge in [0.05, 0.1) is 5.75 Å². The van der Waals surface area contributed by atoms with Gasteiger partial charge in [0.15, 0.2) is 0 Å². The standard InChI is InChI=1S/C22H29FN4O2S/c1-3-26(4-2)12-13-27-19-7-5-6-18(19)21(25-22(27)29)30-15-20(28)24-14-16-8-10-17(23)11-9-16/h8-11H,3-7,12-15H2,1-2H3,(H,24,28). The van der Waals surface area contributed by atoms with Crippen LogP contribution in [0.25, 0.3) is 0 Å². The van der Waals surface area contributed by atoms with Gasteiger partial charge in [0, 0.05) is 30.9 Å². The number of carbonyl (C=O) groups excluding carboxylic acids is 1. The molecule has 0 spiro atoms. The third-order valence-electron chi connectivity index (χ3n) is 5.48. The van der Waals surface area contributed by atoms with Gasteiger partial charge in [0.1, 0.15) is 10.8 Å². The van der Waals surface area contributed by atoms with Crippen molar-refractivity contribution in [2.45, 2.75) is 51.2 Å². The zero-order chi connectivity index (χ0) is 21.5. The van der Waals surface area contributed by atoms with Gasteiger partial charge >= 0.3 is 5.69 Å². The molecule has 1 aliphatic rings. The molecule has 1 heterocycles. The highest BCUT2D eigenvalue weighted by atomic mass is 32.2. The summed E-state index contributed by atoms with van der Waals surface area (Å²) in [5.41, 5.74) is 2.81. The molecule has 0 saturated heterocycles. The number of nitrogens with zero attached hydrogens (tertiary/aromatic N) is 3. The van der Waals surface area contributed by atoms with Crippen LogP contribution in [0.15, 0.2) is 34.1 Å². The molecule has 0 bridgehead atoms. The zero-order valence-corrected chi connectivity index (χ0v) is 18.4. The second-order valence-corrected chi connectivity index (χ2v) is 8.31. The molecule has 3 rings (SSSR count). The Balaban J connectivity index is 1.61. The van der Waals surface area contributed by atoms with Crippen molar-refractivity contribution in [1.29, 1.82) is 0 Å². The Morgan fingerprint density at radius 1 is 1.23 bits per heavy atom. The van der Waals surface area contributed by atoms with Crippen LogP contribution < -0.4 is 11.0 Å². The van der Waals surface area contributed by atoms with Gasteiger partial charge in [-0.1, -0.05) is 37.7 Å². The van der Waals surface area contributed by atoms with E-state index in [1.807, 2.05) is 4.57 Å². The van der Waals surface area contributed by atoms with E-state index < -0.39 is 0 Å². The average Bonchev–Trinajstić information content (AvgIpc) is 3.23. The van der Waals surface area contributed by atoms with Crippen LogP contribution in [0.2, 0.25) is 0 Å². The van der Waals surface area contributed by atoms with Gasteiger partial charge in [-0.15, -0.1) is 0 Å². The number of aromatic nitrogens is 2. The van der Waals surface area contributed by atoms with E-state index in [1.54, 1.807) is 12.1 Å². The maximum Gasteiger partial charge on any atom is 0.348 e. The summed E-state index contributed by atoms with van der Waals surface area (Å²) in [6, 6.07) is 6.04. The van der Waals surface area contributed by atoms with Crippen molar-refractivity contribution in [3.63, 3.8) is 0 Å². The van der Waals surface area contributed by atoms with Crippen molar-refractivity contribution in [3.05, 3.63) is 57.4 Å². The fourth-order valence-corrected chi connectivity index (χ4v) is 4.61. The summed E-state index contributed by atoms with van der Waals surface area (Å²) in [5, 5.41) is 3.51. The van der Waals surface area contributed by atoms with Gasteiger partial charge in [0.2, 0.25) is 5.91 Å². The normalized spacial score (nSPS) is 12.9. The number of benzene rings is 1. The Morgan fingerprint density at radius 3 is 2.67 bits per heavy atom. The van der Waals surface area contributed by atoms with Crippen molar-refractivity contribution in [3.8, 4) is 0 Å². The molecule has 1 aromatic carbocycles. The molecule has 6 nitrogen and oxygen atoms in total. The molecule has 0 aliphatic heterocycles. The maximum absolute atomic E-state index is 13.0. The molecule has 0 fully saturated rings. The fraction of sp³-hybridized carbons (Fsp3) is 0.500. The quantitative estimate of drug-likeness (QED) is 0.462. The SMILES string of the molecule is CCN(CC)CCn1c2c(c(SCC(=O)NCc3ccc(F)cc3)nc1=O)CCC2. The van der Waals surface area contributed by atoms with Crippen LogP contribution in [0.3, 0.4) is 0 Å². The Bertz CT molecular complexity index is 926. The molecule has 0 unspecified atom stereocenters. The van der Waals surface area contributed by atoms with Crippen molar-refractivity contribution >= 4 is 17.7 Å².